The van der Waals surface area contributed by atoms with E-state index < -0.39 is 66.5 Å². The summed E-state index contributed by atoms with van der Waals surface area (Å²) in [5, 5.41) is 22.2. The maximum Gasteiger partial charge on any atom is 0.526 e. The fraction of sp³-hybridized carbons (Fsp3) is 0.333. The van der Waals surface area contributed by atoms with E-state index in [1.165, 1.54) is 29.3 Å². The first-order chi connectivity index (χ1) is 18.1. The van der Waals surface area contributed by atoms with Crippen molar-refractivity contribution in [3.05, 3.63) is 59.2 Å². The summed E-state index contributed by atoms with van der Waals surface area (Å²) in [6.07, 6.45) is 0.887. The maximum atomic E-state index is 14.7. The second-order valence-electron chi connectivity index (χ2n) is 8.84. The minimum Gasteiger partial charge on any atom is -0.535 e. The number of carbonyl (C=O) groups excluding carboxylic acids is 4. The van der Waals surface area contributed by atoms with Gasteiger partial charge < -0.3 is 25.0 Å². The van der Waals surface area contributed by atoms with Crippen molar-refractivity contribution in [2.24, 2.45) is 0 Å². The van der Waals surface area contributed by atoms with Gasteiger partial charge in [-0.1, -0.05) is 12.1 Å². The fourth-order valence-corrected chi connectivity index (χ4v) is 4.49. The summed E-state index contributed by atoms with van der Waals surface area (Å²) in [5.74, 6) is -5.70. The van der Waals surface area contributed by atoms with Gasteiger partial charge in [0.15, 0.2) is 5.78 Å². The van der Waals surface area contributed by atoms with Gasteiger partial charge in [-0.2, -0.15) is 0 Å². The van der Waals surface area contributed by atoms with Gasteiger partial charge in [-0.15, -0.1) is 0 Å². The smallest absolute Gasteiger partial charge is 0.526 e. The van der Waals surface area contributed by atoms with Crippen molar-refractivity contribution in [2.75, 3.05) is 19.6 Å². The van der Waals surface area contributed by atoms with Crippen molar-refractivity contribution < 1.29 is 43.1 Å². The van der Waals surface area contributed by atoms with Crippen LogP contribution in [-0.2, 0) is 20.8 Å². The molecule has 1 unspecified atom stereocenters. The molecule has 1 fully saturated rings. The number of pyridine rings is 1. The number of hydrogen-bond acceptors (Lipinski definition) is 8. The second-order valence-corrected chi connectivity index (χ2v) is 8.84. The summed E-state index contributed by atoms with van der Waals surface area (Å²) in [5.41, 5.74) is -0.0958. The van der Waals surface area contributed by atoms with Crippen molar-refractivity contribution in [3.63, 3.8) is 0 Å². The molecule has 3 heterocycles. The topological polar surface area (TPSA) is 166 Å². The second kappa shape index (κ2) is 11.0. The van der Waals surface area contributed by atoms with Gasteiger partial charge in [-0.3, -0.25) is 24.3 Å². The Morgan fingerprint density at radius 2 is 1.97 bits per heavy atom. The Balaban J connectivity index is 1.56. The third kappa shape index (κ3) is 5.20. The number of carbonyl (C=O) groups is 5. The number of fused-ring (bicyclic) bond motifs is 1. The molecular weight excluding hydrogens is 502 g/mol. The number of carboxylic acids is 1. The van der Waals surface area contributed by atoms with Crippen LogP contribution >= 0.6 is 0 Å². The number of aromatic carboxylic acids is 1. The molecule has 2 aliphatic heterocycles. The largest absolute Gasteiger partial charge is 0.535 e. The molecule has 38 heavy (non-hydrogen) atoms. The van der Waals surface area contributed by atoms with Gasteiger partial charge in [0.2, 0.25) is 0 Å². The molecule has 14 heteroatoms. The molecule has 2 atom stereocenters. The average Bonchev–Trinajstić information content (AvgIpc) is 2.89. The zero-order valence-electron chi connectivity index (χ0n) is 20.3. The number of carboxylic acid groups (broad SMARTS) is 1. The zero-order valence-corrected chi connectivity index (χ0v) is 20.3. The summed E-state index contributed by atoms with van der Waals surface area (Å²) in [6.45, 7) is 1.95. The highest BCUT2D eigenvalue weighted by molar-refractivity contribution is 6.47. The van der Waals surface area contributed by atoms with Crippen molar-refractivity contribution in [3.8, 4) is 5.75 Å². The van der Waals surface area contributed by atoms with Crippen LogP contribution in [0.2, 0.25) is 5.82 Å². The normalized spacial score (nSPS) is 18.0. The molecule has 0 radical (unpaired) electrons. The fourth-order valence-electron chi connectivity index (χ4n) is 4.49. The van der Waals surface area contributed by atoms with E-state index in [0.717, 1.165) is 6.07 Å². The van der Waals surface area contributed by atoms with Gasteiger partial charge in [-0.05, 0) is 37.1 Å². The van der Waals surface area contributed by atoms with Crippen LogP contribution in [0.3, 0.4) is 0 Å². The first-order valence-corrected chi connectivity index (χ1v) is 11.9. The van der Waals surface area contributed by atoms with Gasteiger partial charge in [0.1, 0.15) is 23.3 Å². The average molecular weight is 526 g/mol. The quantitative estimate of drug-likeness (QED) is 0.350. The van der Waals surface area contributed by atoms with E-state index >= 15 is 0 Å². The van der Waals surface area contributed by atoms with Gasteiger partial charge in [0.05, 0.1) is 5.56 Å². The number of halogens is 1. The Labute approximate surface area is 216 Å². The number of Topliss-reactive ketones (excluding diaryl/α,β-unsaturated/α-hetero) is 1. The zero-order chi connectivity index (χ0) is 27.6. The van der Waals surface area contributed by atoms with E-state index in [0.29, 0.717) is 10.5 Å². The van der Waals surface area contributed by atoms with Crippen molar-refractivity contribution in [1.29, 1.82) is 0 Å². The molecule has 0 aliphatic carbocycles. The lowest BCUT2D eigenvalue weighted by atomic mass is 9.64. The van der Waals surface area contributed by atoms with Crippen LogP contribution in [-0.4, -0.2) is 81.3 Å². The van der Waals surface area contributed by atoms with Gasteiger partial charge in [-0.25, -0.2) is 14.0 Å². The molecule has 4 rings (SSSR count). The van der Waals surface area contributed by atoms with Gasteiger partial charge in [0.25, 0.3) is 0 Å². The summed E-state index contributed by atoms with van der Waals surface area (Å²) in [4.78, 5) is 68.3. The van der Waals surface area contributed by atoms with Crippen LogP contribution in [0.25, 0.3) is 0 Å². The van der Waals surface area contributed by atoms with E-state index in [4.69, 9.17) is 4.65 Å². The number of hydrogen-bond donors (Lipinski definition) is 3. The summed E-state index contributed by atoms with van der Waals surface area (Å²) in [6, 6.07) is 4.05. The monoisotopic (exact) mass is 526 g/mol. The standard InChI is InChI=1S/C24H24BFN4O8/c1-2-29-9-10-30(22(33)21(29)32)24(36)28-19(18-16(26)7-4-8-27-18)17(31)12-14-11-13-5-3-6-15(23(34)35)20(13)38-25(14)37/h3-8,14,19,37H,2,9-12H2,1H3,(H,28,36)(H,34,35)/t14-,19?/m1/s1. The minimum absolute atomic E-state index is 0.00813. The first kappa shape index (κ1) is 26.7. The molecule has 0 spiro atoms. The number of para-hydroxylation sites is 1. The lowest BCUT2D eigenvalue weighted by Gasteiger charge is -2.33. The number of aromatic nitrogens is 1. The molecule has 1 saturated heterocycles. The van der Waals surface area contributed by atoms with Gasteiger partial charge in [0, 0.05) is 38.1 Å². The third-order valence-electron chi connectivity index (χ3n) is 6.50. The third-order valence-corrected chi connectivity index (χ3v) is 6.50. The molecule has 3 N–H and O–H groups in total. The maximum absolute atomic E-state index is 14.7. The number of nitrogens with one attached hydrogen (secondary N) is 1. The Morgan fingerprint density at radius 3 is 2.66 bits per heavy atom. The molecule has 0 saturated carbocycles. The summed E-state index contributed by atoms with van der Waals surface area (Å²) >= 11 is 0. The number of likely N-dealkylation sites (N-methyl/N-ethyl adjacent to an activating group) is 1. The summed E-state index contributed by atoms with van der Waals surface area (Å²) in [7, 11) is -1.56. The van der Waals surface area contributed by atoms with Crippen LogP contribution in [0, 0.1) is 5.82 Å². The number of benzene rings is 1. The Bertz CT molecular complexity index is 1310. The summed E-state index contributed by atoms with van der Waals surface area (Å²) < 4.78 is 20.1. The van der Waals surface area contributed by atoms with Crippen LogP contribution in [0.5, 0.6) is 5.75 Å². The molecule has 198 valence electrons. The highest BCUT2D eigenvalue weighted by atomic mass is 19.1. The molecule has 1 aromatic carbocycles. The number of ketones is 1. The number of piperazine rings is 1. The lowest BCUT2D eigenvalue weighted by molar-refractivity contribution is -0.153. The molecule has 0 bridgehead atoms. The van der Waals surface area contributed by atoms with Crippen LogP contribution in [0.15, 0.2) is 36.5 Å². The Kier molecular flexibility index (Phi) is 7.71. The Morgan fingerprint density at radius 1 is 1.21 bits per heavy atom. The van der Waals surface area contributed by atoms with E-state index in [2.05, 4.69) is 10.3 Å². The highest BCUT2D eigenvalue weighted by Crippen LogP contribution is 2.37. The van der Waals surface area contributed by atoms with Gasteiger partial charge >= 0.3 is 30.9 Å². The lowest BCUT2D eigenvalue weighted by Crippen LogP contribution is -2.58. The first-order valence-electron chi connectivity index (χ1n) is 11.9. The number of nitrogens with zero attached hydrogens (tertiary/aromatic N) is 3. The van der Waals surface area contributed by atoms with E-state index in [1.807, 2.05) is 0 Å². The number of amides is 4. The highest BCUT2D eigenvalue weighted by Gasteiger charge is 2.41. The molecule has 1 aromatic heterocycles. The van der Waals surface area contributed by atoms with Crippen LogP contribution in [0.4, 0.5) is 9.18 Å². The van der Waals surface area contributed by atoms with Crippen LogP contribution in [0.1, 0.15) is 41.0 Å². The molecule has 2 aromatic rings. The Hall–Kier alpha value is -4.33. The van der Waals surface area contributed by atoms with E-state index in [9.17, 15) is 38.5 Å². The van der Waals surface area contributed by atoms with Crippen molar-refractivity contribution in [2.45, 2.75) is 31.6 Å². The van der Waals surface area contributed by atoms with E-state index in [-0.39, 0.29) is 37.4 Å². The van der Waals surface area contributed by atoms with Crippen molar-refractivity contribution >= 4 is 36.7 Å². The number of imide groups is 1. The molecule has 2 aliphatic rings. The number of rotatable bonds is 7. The van der Waals surface area contributed by atoms with E-state index in [1.54, 1.807) is 13.0 Å². The van der Waals surface area contributed by atoms with Crippen LogP contribution < -0.4 is 9.97 Å². The minimum atomic E-state index is -1.64. The molecular formula is C24H24BFN4O8. The predicted molar refractivity (Wildman–Crippen MR) is 129 cm³/mol. The molecule has 4 amide bonds. The number of urea groups is 1. The molecule has 12 nitrogen and oxygen atoms in total. The predicted octanol–water partition coefficient (Wildman–Crippen LogP) is 0.805. The van der Waals surface area contributed by atoms with Crippen molar-refractivity contribution in [1.82, 2.24) is 20.1 Å². The SMILES string of the molecule is CCN1CCN(C(=O)NC(C(=O)C[C@H]2Cc3cccc(C(=O)O)c3OB2O)c2ncccc2F)C(=O)C1=O.